The summed E-state index contributed by atoms with van der Waals surface area (Å²) < 4.78 is 17.4. The van der Waals surface area contributed by atoms with Crippen molar-refractivity contribution in [2.45, 2.75) is 297 Å². The zero-order valence-corrected chi connectivity index (χ0v) is 41.9. The summed E-state index contributed by atoms with van der Waals surface area (Å²) in [5.41, 5.74) is 0. The fraction of sp³-hybridized carbons (Fsp3) is 0.860. The van der Waals surface area contributed by atoms with Crippen molar-refractivity contribution in [3.63, 3.8) is 0 Å². The van der Waals surface area contributed by atoms with E-state index >= 15 is 0 Å². The minimum absolute atomic E-state index is 0.0834. The van der Waals surface area contributed by atoms with E-state index in [-0.39, 0.29) is 25.2 Å². The largest absolute Gasteiger partial charge is 0.462 e. The smallest absolute Gasteiger partial charge is 0.306 e. The zero-order chi connectivity index (χ0) is 44.9. The van der Waals surface area contributed by atoms with Crippen LogP contribution in [-0.2, 0) is 23.8 Å². The molecule has 364 valence electrons. The van der Waals surface area contributed by atoms with E-state index in [2.05, 4.69) is 57.2 Å². The van der Waals surface area contributed by atoms with Crippen LogP contribution in [0.4, 0.5) is 0 Å². The third-order valence-electron chi connectivity index (χ3n) is 12.1. The lowest BCUT2D eigenvalue weighted by Crippen LogP contribution is -2.30. The highest BCUT2D eigenvalue weighted by Gasteiger charge is 2.17. The van der Waals surface area contributed by atoms with Crippen molar-refractivity contribution in [3.05, 3.63) is 36.5 Å². The molecule has 62 heavy (non-hydrogen) atoms. The Kier molecular flexibility index (Phi) is 51.8. The molecule has 0 bridgehead atoms. The van der Waals surface area contributed by atoms with Crippen molar-refractivity contribution in [1.29, 1.82) is 0 Å². The summed E-state index contributed by atoms with van der Waals surface area (Å²) in [5, 5.41) is 0. The van der Waals surface area contributed by atoms with Gasteiger partial charge in [-0.2, -0.15) is 0 Å². The number of carbonyl (C=O) groups excluding carboxylic acids is 2. The Morgan fingerprint density at radius 2 is 0.677 bits per heavy atom. The van der Waals surface area contributed by atoms with Crippen LogP contribution in [0.15, 0.2) is 36.5 Å². The molecule has 0 saturated heterocycles. The Balaban J connectivity index is 4.22. The minimum Gasteiger partial charge on any atom is -0.462 e. The van der Waals surface area contributed by atoms with Crippen LogP contribution < -0.4 is 0 Å². The van der Waals surface area contributed by atoms with Gasteiger partial charge in [-0.15, -0.1) is 0 Å². The van der Waals surface area contributed by atoms with Crippen molar-refractivity contribution in [2.75, 3.05) is 19.8 Å². The number of hydrogen-bond acceptors (Lipinski definition) is 5. The van der Waals surface area contributed by atoms with Crippen LogP contribution in [-0.4, -0.2) is 37.9 Å². The molecule has 0 aliphatic heterocycles. The van der Waals surface area contributed by atoms with Crippen LogP contribution in [0.25, 0.3) is 0 Å². The van der Waals surface area contributed by atoms with Gasteiger partial charge in [0.05, 0.1) is 6.61 Å². The van der Waals surface area contributed by atoms with E-state index in [1.165, 1.54) is 205 Å². The molecule has 0 fully saturated rings. The lowest BCUT2D eigenvalue weighted by molar-refractivity contribution is -0.163. The molecule has 0 aliphatic carbocycles. The van der Waals surface area contributed by atoms with E-state index < -0.39 is 6.10 Å². The van der Waals surface area contributed by atoms with Gasteiger partial charge < -0.3 is 14.2 Å². The predicted molar refractivity (Wildman–Crippen MR) is 270 cm³/mol. The molecule has 1 unspecified atom stereocenters. The Bertz CT molecular complexity index is 986. The quantitative estimate of drug-likeness (QED) is 0.0346. The van der Waals surface area contributed by atoms with Crippen LogP contribution in [0.5, 0.6) is 0 Å². The first kappa shape index (κ1) is 60.1. The molecular formula is C57H106O5. The van der Waals surface area contributed by atoms with Crippen molar-refractivity contribution in [3.8, 4) is 0 Å². The number of carbonyl (C=O) groups is 2. The Labute approximate surface area is 387 Å². The molecule has 5 nitrogen and oxygen atoms in total. The lowest BCUT2D eigenvalue weighted by Gasteiger charge is -2.18. The summed E-state index contributed by atoms with van der Waals surface area (Å²) >= 11 is 0. The molecule has 0 heterocycles. The molecule has 0 aliphatic rings. The predicted octanol–water partition coefficient (Wildman–Crippen LogP) is 18.6. The summed E-state index contributed by atoms with van der Waals surface area (Å²) in [6.45, 7) is 7.83. The zero-order valence-electron chi connectivity index (χ0n) is 41.9. The van der Waals surface area contributed by atoms with E-state index in [1.807, 2.05) is 0 Å². The molecule has 0 N–H and O–H groups in total. The first-order valence-corrected chi connectivity index (χ1v) is 27.5. The van der Waals surface area contributed by atoms with E-state index in [0.717, 1.165) is 51.4 Å². The van der Waals surface area contributed by atoms with Crippen molar-refractivity contribution < 1.29 is 23.8 Å². The number of esters is 2. The SMILES string of the molecule is CCCCC/C=C\C/C=C\CCCCCCCC(=O)OC(COCCCCCCCCCCCCCC)COC(=O)CCCCCCCCCCC/C=C\CCCCCCCC. The molecule has 0 aromatic rings. The highest BCUT2D eigenvalue weighted by molar-refractivity contribution is 5.70. The normalized spacial score (nSPS) is 12.4. The second-order valence-electron chi connectivity index (χ2n) is 18.5. The highest BCUT2D eigenvalue weighted by Crippen LogP contribution is 2.15. The first-order valence-electron chi connectivity index (χ1n) is 27.5. The van der Waals surface area contributed by atoms with E-state index in [4.69, 9.17) is 14.2 Å². The molecule has 0 amide bonds. The van der Waals surface area contributed by atoms with Crippen molar-refractivity contribution in [1.82, 2.24) is 0 Å². The second kappa shape index (κ2) is 53.5. The van der Waals surface area contributed by atoms with Gasteiger partial charge >= 0.3 is 11.9 Å². The minimum atomic E-state index is -0.539. The second-order valence-corrected chi connectivity index (χ2v) is 18.5. The monoisotopic (exact) mass is 871 g/mol. The van der Waals surface area contributed by atoms with E-state index in [1.54, 1.807) is 0 Å². The number of unbranched alkanes of at least 4 members (excludes halogenated alkanes) is 34. The van der Waals surface area contributed by atoms with Gasteiger partial charge in [-0.1, -0.05) is 237 Å². The Hall–Kier alpha value is -1.88. The summed E-state index contributed by atoms with van der Waals surface area (Å²) in [6.07, 6.45) is 64.4. The molecular weight excluding hydrogens is 765 g/mol. The number of ether oxygens (including phenoxy) is 3. The average molecular weight is 871 g/mol. The maximum Gasteiger partial charge on any atom is 0.306 e. The van der Waals surface area contributed by atoms with Crippen LogP contribution in [0, 0.1) is 0 Å². The Morgan fingerprint density at radius 1 is 0.355 bits per heavy atom. The van der Waals surface area contributed by atoms with Gasteiger partial charge in [-0.3, -0.25) is 9.59 Å². The van der Waals surface area contributed by atoms with Gasteiger partial charge in [0.1, 0.15) is 6.61 Å². The number of rotatable bonds is 51. The van der Waals surface area contributed by atoms with Gasteiger partial charge in [0, 0.05) is 19.4 Å². The first-order chi connectivity index (χ1) is 30.6. The summed E-state index contributed by atoms with van der Waals surface area (Å²) in [4.78, 5) is 25.4. The molecule has 0 spiro atoms. The molecule has 0 rings (SSSR count). The van der Waals surface area contributed by atoms with Gasteiger partial charge in [-0.05, 0) is 77.0 Å². The van der Waals surface area contributed by atoms with E-state index in [0.29, 0.717) is 19.4 Å². The molecule has 0 radical (unpaired) electrons. The molecule has 0 aromatic heterocycles. The molecule has 1 atom stereocenters. The van der Waals surface area contributed by atoms with Gasteiger partial charge in [0.25, 0.3) is 0 Å². The van der Waals surface area contributed by atoms with Gasteiger partial charge in [0.15, 0.2) is 6.10 Å². The lowest BCUT2D eigenvalue weighted by atomic mass is 10.1. The van der Waals surface area contributed by atoms with Crippen molar-refractivity contribution >= 4 is 11.9 Å². The van der Waals surface area contributed by atoms with Crippen LogP contribution in [0.1, 0.15) is 290 Å². The molecule has 0 saturated carbocycles. The maximum atomic E-state index is 12.8. The summed E-state index contributed by atoms with van der Waals surface area (Å²) in [6, 6.07) is 0. The number of allylic oxidation sites excluding steroid dienone is 6. The van der Waals surface area contributed by atoms with Crippen LogP contribution in [0.2, 0.25) is 0 Å². The topological polar surface area (TPSA) is 61.8 Å². The summed E-state index contributed by atoms with van der Waals surface area (Å²) in [7, 11) is 0. The van der Waals surface area contributed by atoms with E-state index in [9.17, 15) is 9.59 Å². The van der Waals surface area contributed by atoms with Crippen LogP contribution >= 0.6 is 0 Å². The average Bonchev–Trinajstić information content (AvgIpc) is 3.27. The van der Waals surface area contributed by atoms with Crippen LogP contribution in [0.3, 0.4) is 0 Å². The highest BCUT2D eigenvalue weighted by atomic mass is 16.6. The van der Waals surface area contributed by atoms with Gasteiger partial charge in [-0.25, -0.2) is 0 Å². The third kappa shape index (κ3) is 50.8. The standard InChI is InChI=1S/C57H106O5/c1-4-7-10-13-16-19-22-25-27-28-29-30-32-33-35-38-41-44-47-50-56(58)61-54-55(53-60-52-49-46-43-40-37-24-21-18-15-12-9-6-3)62-57(59)51-48-45-42-39-36-34-31-26-23-20-17-14-11-8-5-2/h17,20,25-27,31,55H,4-16,18-19,21-24,28-30,32-54H2,1-3H3/b20-17-,27-25-,31-26-. The van der Waals surface area contributed by atoms with Gasteiger partial charge in [0.2, 0.25) is 0 Å². The Morgan fingerprint density at radius 3 is 1.11 bits per heavy atom. The fourth-order valence-electron chi connectivity index (χ4n) is 8.01. The molecule has 5 heteroatoms. The maximum absolute atomic E-state index is 12.8. The van der Waals surface area contributed by atoms with Crippen molar-refractivity contribution in [2.24, 2.45) is 0 Å². The fourth-order valence-corrected chi connectivity index (χ4v) is 8.01. The molecule has 0 aromatic carbocycles. The summed E-state index contributed by atoms with van der Waals surface area (Å²) in [5.74, 6) is -0.400. The third-order valence-corrected chi connectivity index (χ3v) is 12.1. The number of hydrogen-bond donors (Lipinski definition) is 0.